The Labute approximate surface area is 181 Å². The first-order valence-electron chi connectivity index (χ1n) is 6.94. The van der Waals surface area contributed by atoms with Crippen LogP contribution in [0.3, 0.4) is 0 Å². The molecule has 0 heterocycles. The van der Waals surface area contributed by atoms with Crippen LogP contribution in [-0.2, 0) is 34.1 Å². The Bertz CT molecular complexity index is 627. The first kappa shape index (κ1) is 23.4. The molecule has 126 valence electrons. The van der Waals surface area contributed by atoms with Gasteiger partial charge >= 0.3 is 34.1 Å². The standard InChI is InChI=1S/C10H8.2C5H4Br.2Fe/c1-2-6-9(5-1)10-7-3-4-8-10;2*6-5-3-1-2-4-5;;/h1-8H;2*1-4H;;/q-2;2*-1;2*+2. The van der Waals surface area contributed by atoms with E-state index in [1.807, 2.05) is 48.5 Å². The Morgan fingerprint density at radius 3 is 0.750 bits per heavy atom. The van der Waals surface area contributed by atoms with Crippen molar-refractivity contribution in [3.8, 4) is 11.1 Å². The predicted molar refractivity (Wildman–Crippen MR) is 103 cm³/mol. The van der Waals surface area contributed by atoms with E-state index in [0.717, 1.165) is 8.95 Å². The third kappa shape index (κ3) is 9.03. The van der Waals surface area contributed by atoms with Crippen molar-refractivity contribution < 1.29 is 34.1 Å². The van der Waals surface area contributed by atoms with Crippen LogP contribution in [0.4, 0.5) is 0 Å². The molecule has 0 N–H and O–H groups in total. The van der Waals surface area contributed by atoms with E-state index in [1.165, 1.54) is 11.1 Å². The molecule has 0 bridgehead atoms. The number of halogens is 2. The molecule has 0 fully saturated rings. The van der Waals surface area contributed by atoms with Gasteiger partial charge in [-0.1, -0.05) is 8.95 Å². The van der Waals surface area contributed by atoms with Crippen molar-refractivity contribution in [1.29, 1.82) is 0 Å². The summed E-state index contributed by atoms with van der Waals surface area (Å²) in [5.74, 6) is 0. The average Bonchev–Trinajstić information content (AvgIpc) is 3.30. The minimum absolute atomic E-state index is 0. The second-order valence-corrected chi connectivity index (χ2v) is 6.38. The van der Waals surface area contributed by atoms with Gasteiger partial charge in [0.1, 0.15) is 0 Å². The van der Waals surface area contributed by atoms with Gasteiger partial charge in [0, 0.05) is 0 Å². The maximum absolute atomic E-state index is 3.28. The Morgan fingerprint density at radius 2 is 0.583 bits per heavy atom. The summed E-state index contributed by atoms with van der Waals surface area (Å²) >= 11 is 6.56. The van der Waals surface area contributed by atoms with Crippen LogP contribution in [0.25, 0.3) is 11.1 Å². The van der Waals surface area contributed by atoms with Crippen LogP contribution in [0.1, 0.15) is 0 Å². The van der Waals surface area contributed by atoms with Crippen molar-refractivity contribution in [2.45, 2.75) is 0 Å². The number of hydrogen-bond donors (Lipinski definition) is 0. The van der Waals surface area contributed by atoms with Gasteiger partial charge in [-0.25, -0.2) is 24.3 Å². The van der Waals surface area contributed by atoms with Gasteiger partial charge in [-0.05, 0) is 0 Å². The zero-order chi connectivity index (χ0) is 15.6. The Kier molecular flexibility index (Phi) is 13.3. The average molecular weight is 528 g/mol. The maximum Gasteiger partial charge on any atom is 2.00 e. The Hall–Kier alpha value is -0.601. The molecule has 4 rings (SSSR count). The molecule has 0 radical (unpaired) electrons. The van der Waals surface area contributed by atoms with Gasteiger partial charge in [0.15, 0.2) is 0 Å². The first-order valence-corrected chi connectivity index (χ1v) is 8.52. The molecule has 0 spiro atoms. The largest absolute Gasteiger partial charge is 2.00 e. The predicted octanol–water partition coefficient (Wildman–Crippen LogP) is 7.12. The van der Waals surface area contributed by atoms with Crippen LogP contribution in [0.15, 0.2) is 106 Å². The smallest absolute Gasteiger partial charge is 0.213 e. The molecule has 0 atom stereocenters. The van der Waals surface area contributed by atoms with Gasteiger partial charge in [0.2, 0.25) is 0 Å². The van der Waals surface area contributed by atoms with Crippen LogP contribution in [0.2, 0.25) is 0 Å². The van der Waals surface area contributed by atoms with E-state index in [9.17, 15) is 0 Å². The van der Waals surface area contributed by atoms with Gasteiger partial charge in [0.25, 0.3) is 0 Å². The fourth-order valence-electron chi connectivity index (χ4n) is 1.83. The number of rotatable bonds is 1. The summed E-state index contributed by atoms with van der Waals surface area (Å²) in [6.45, 7) is 0. The van der Waals surface area contributed by atoms with E-state index >= 15 is 0 Å². The van der Waals surface area contributed by atoms with Crippen molar-refractivity contribution in [3.05, 3.63) is 106 Å². The van der Waals surface area contributed by atoms with Gasteiger partial charge in [0.05, 0.1) is 0 Å². The van der Waals surface area contributed by atoms with E-state index in [2.05, 4.69) is 80.4 Å². The summed E-state index contributed by atoms with van der Waals surface area (Å²) in [4.78, 5) is 0. The molecule has 0 aromatic heterocycles. The molecule has 24 heavy (non-hydrogen) atoms. The molecule has 0 amide bonds. The van der Waals surface area contributed by atoms with Gasteiger partial charge in [-0.2, -0.15) is 83.9 Å². The van der Waals surface area contributed by atoms with E-state index in [0.29, 0.717) is 0 Å². The topological polar surface area (TPSA) is 0 Å². The van der Waals surface area contributed by atoms with Crippen molar-refractivity contribution in [1.82, 2.24) is 0 Å². The Balaban J connectivity index is 0.000000334. The molecule has 0 aliphatic carbocycles. The van der Waals surface area contributed by atoms with E-state index in [-0.39, 0.29) is 34.1 Å². The molecule has 4 heteroatoms. The summed E-state index contributed by atoms with van der Waals surface area (Å²) in [6.07, 6.45) is 0. The van der Waals surface area contributed by atoms with Gasteiger partial charge in [-0.15, -0.1) is 31.9 Å². The monoisotopic (exact) mass is 526 g/mol. The number of hydrogen-bond acceptors (Lipinski definition) is 0. The molecular weight excluding hydrogens is 512 g/mol. The molecule has 0 unspecified atom stereocenters. The molecule has 0 saturated carbocycles. The van der Waals surface area contributed by atoms with Crippen molar-refractivity contribution in [2.75, 3.05) is 0 Å². The minimum Gasteiger partial charge on any atom is -0.213 e. The summed E-state index contributed by atoms with van der Waals surface area (Å²) in [5, 5.41) is 0. The van der Waals surface area contributed by atoms with Crippen molar-refractivity contribution in [2.24, 2.45) is 0 Å². The summed E-state index contributed by atoms with van der Waals surface area (Å²) in [6, 6.07) is 32.7. The van der Waals surface area contributed by atoms with Crippen LogP contribution < -0.4 is 0 Å². The summed E-state index contributed by atoms with van der Waals surface area (Å²) < 4.78 is 2.31. The third-order valence-corrected chi connectivity index (χ3v) is 3.96. The van der Waals surface area contributed by atoms with Gasteiger partial charge in [-0.3, -0.25) is 0 Å². The van der Waals surface area contributed by atoms with E-state index < -0.39 is 0 Å². The van der Waals surface area contributed by atoms with Crippen molar-refractivity contribution >= 4 is 31.9 Å². The first-order chi connectivity index (χ1) is 10.8. The minimum atomic E-state index is 0. The maximum atomic E-state index is 3.28. The fourth-order valence-corrected chi connectivity index (χ4v) is 2.44. The van der Waals surface area contributed by atoms with E-state index in [1.54, 1.807) is 0 Å². The van der Waals surface area contributed by atoms with Crippen LogP contribution in [0, 0.1) is 0 Å². The Morgan fingerprint density at radius 1 is 0.375 bits per heavy atom. The zero-order valence-corrected chi connectivity index (χ0v) is 18.1. The molecule has 4 aromatic carbocycles. The van der Waals surface area contributed by atoms with Crippen LogP contribution >= 0.6 is 31.9 Å². The molecule has 4 aromatic rings. The molecule has 0 aliphatic heterocycles. The quantitative estimate of drug-likeness (QED) is 0.183. The third-order valence-electron chi connectivity index (χ3n) is 2.90. The second-order valence-electron chi connectivity index (χ2n) is 4.55. The summed E-state index contributed by atoms with van der Waals surface area (Å²) in [7, 11) is 0. The zero-order valence-electron chi connectivity index (χ0n) is 12.7. The van der Waals surface area contributed by atoms with E-state index in [4.69, 9.17) is 0 Å². The van der Waals surface area contributed by atoms with Gasteiger partial charge < -0.3 is 0 Å². The molecule has 0 saturated heterocycles. The molecule has 0 aliphatic rings. The molecular formula is C20H16Br2Fe2. The summed E-state index contributed by atoms with van der Waals surface area (Å²) in [5.41, 5.74) is 2.62. The molecule has 0 nitrogen and oxygen atoms in total. The van der Waals surface area contributed by atoms with Crippen LogP contribution in [0.5, 0.6) is 0 Å². The normalized spacial score (nSPS) is 8.58. The van der Waals surface area contributed by atoms with Crippen LogP contribution in [-0.4, -0.2) is 0 Å². The second kappa shape index (κ2) is 13.7. The fraction of sp³-hybridized carbons (Fsp3) is 0. The van der Waals surface area contributed by atoms with Crippen molar-refractivity contribution in [3.63, 3.8) is 0 Å². The SMILES string of the molecule is Br[c-]1cccc1.Br[c-]1cccc1.[Fe+2].[Fe+2].c1cc[c-](-[c-]2cccc2)c1.